The van der Waals surface area contributed by atoms with Crippen LogP contribution in [-0.4, -0.2) is 36.9 Å². The Morgan fingerprint density at radius 1 is 1.17 bits per heavy atom. The number of rotatable bonds is 6. The second-order valence-corrected chi connectivity index (χ2v) is 7.89. The van der Waals surface area contributed by atoms with Crippen LogP contribution in [0.1, 0.15) is 28.8 Å². The first kappa shape index (κ1) is 21.4. The van der Waals surface area contributed by atoms with E-state index in [-0.39, 0.29) is 27.8 Å². The zero-order valence-corrected chi connectivity index (χ0v) is 17.6. The number of carbonyl (C=O) groups excluding carboxylic acids is 2. The summed E-state index contributed by atoms with van der Waals surface area (Å²) in [4.78, 5) is 26.2. The molecule has 0 radical (unpaired) electrons. The molecule has 0 aromatic heterocycles. The molecule has 29 heavy (non-hydrogen) atoms. The third kappa shape index (κ3) is 5.41. The van der Waals surface area contributed by atoms with Gasteiger partial charge in [-0.25, -0.2) is 0 Å². The number of primary amides is 1. The summed E-state index contributed by atoms with van der Waals surface area (Å²) in [7, 11) is 1.47. The fraction of sp³-hybridized carbons (Fsp3) is 0.333. The number of nitrogens with two attached hydrogens (primary N) is 1. The Bertz CT molecular complexity index is 889. The molecule has 6 nitrogen and oxygen atoms in total. The average Bonchev–Trinajstić information content (AvgIpc) is 2.68. The van der Waals surface area contributed by atoms with Gasteiger partial charge in [0.25, 0.3) is 5.91 Å². The molecular weight excluding hydrogens is 413 g/mol. The van der Waals surface area contributed by atoms with Crippen LogP contribution in [0.2, 0.25) is 10.0 Å². The van der Waals surface area contributed by atoms with E-state index in [1.165, 1.54) is 19.2 Å². The molecule has 1 aliphatic heterocycles. The Labute approximate surface area is 179 Å². The highest BCUT2D eigenvalue weighted by molar-refractivity contribution is 6.37. The Kier molecular flexibility index (Phi) is 7.00. The van der Waals surface area contributed by atoms with Gasteiger partial charge in [0.1, 0.15) is 0 Å². The fourth-order valence-electron chi connectivity index (χ4n) is 3.47. The van der Waals surface area contributed by atoms with Crippen molar-refractivity contribution in [2.45, 2.75) is 19.4 Å². The van der Waals surface area contributed by atoms with Crippen molar-refractivity contribution < 1.29 is 14.3 Å². The Morgan fingerprint density at radius 3 is 2.41 bits per heavy atom. The lowest BCUT2D eigenvalue weighted by molar-refractivity contribution is -0.123. The summed E-state index contributed by atoms with van der Waals surface area (Å²) in [5.41, 5.74) is 7.50. The second-order valence-electron chi connectivity index (χ2n) is 7.08. The van der Waals surface area contributed by atoms with Crippen LogP contribution in [0.5, 0.6) is 5.75 Å². The number of nitrogens with one attached hydrogen (secondary N) is 1. The summed E-state index contributed by atoms with van der Waals surface area (Å²) < 4.78 is 5.11. The maximum absolute atomic E-state index is 12.6. The fourth-order valence-corrected chi connectivity index (χ4v) is 4.11. The van der Waals surface area contributed by atoms with E-state index in [4.69, 9.17) is 33.7 Å². The van der Waals surface area contributed by atoms with Crippen LogP contribution in [0.3, 0.4) is 0 Å². The molecule has 0 atom stereocenters. The number of anilines is 1. The van der Waals surface area contributed by atoms with Crippen molar-refractivity contribution >= 4 is 40.7 Å². The minimum atomic E-state index is -0.309. The molecule has 1 saturated heterocycles. The smallest absolute Gasteiger partial charge is 0.255 e. The van der Waals surface area contributed by atoms with Crippen molar-refractivity contribution in [3.8, 4) is 5.75 Å². The molecule has 3 N–H and O–H groups in total. The number of hydrogen-bond acceptors (Lipinski definition) is 4. The van der Waals surface area contributed by atoms with Gasteiger partial charge in [0.15, 0.2) is 5.75 Å². The first-order valence-corrected chi connectivity index (χ1v) is 10.1. The Hall–Kier alpha value is -2.28. The van der Waals surface area contributed by atoms with Crippen LogP contribution in [0.25, 0.3) is 0 Å². The molecule has 0 unspecified atom stereocenters. The van der Waals surface area contributed by atoms with Crippen LogP contribution in [0, 0.1) is 5.92 Å². The first-order chi connectivity index (χ1) is 13.9. The number of halogens is 2. The van der Waals surface area contributed by atoms with E-state index in [1.54, 1.807) is 0 Å². The summed E-state index contributed by atoms with van der Waals surface area (Å²) in [6.07, 6.45) is 1.56. The van der Waals surface area contributed by atoms with Crippen LogP contribution in [0.15, 0.2) is 36.4 Å². The zero-order valence-electron chi connectivity index (χ0n) is 16.1. The molecule has 2 amide bonds. The minimum Gasteiger partial charge on any atom is -0.494 e. The third-order valence-corrected chi connectivity index (χ3v) is 5.61. The highest BCUT2D eigenvalue weighted by Gasteiger charge is 2.23. The van der Waals surface area contributed by atoms with E-state index in [9.17, 15) is 9.59 Å². The van der Waals surface area contributed by atoms with Crippen molar-refractivity contribution in [2.24, 2.45) is 11.7 Å². The average molecular weight is 436 g/mol. The summed E-state index contributed by atoms with van der Waals surface area (Å²) in [5, 5.41) is 3.43. The highest BCUT2D eigenvalue weighted by Crippen LogP contribution is 2.34. The van der Waals surface area contributed by atoms with Crippen molar-refractivity contribution in [3.63, 3.8) is 0 Å². The number of ether oxygens (including phenoxy) is 1. The Morgan fingerprint density at radius 2 is 1.83 bits per heavy atom. The number of nitrogens with zero attached hydrogens (tertiary/aromatic N) is 1. The van der Waals surface area contributed by atoms with Gasteiger partial charge >= 0.3 is 0 Å². The van der Waals surface area contributed by atoms with E-state index < -0.39 is 0 Å². The lowest BCUT2D eigenvalue weighted by Crippen LogP contribution is -2.38. The second kappa shape index (κ2) is 9.48. The predicted octanol–water partition coefficient (Wildman–Crippen LogP) is 3.95. The van der Waals surface area contributed by atoms with Gasteiger partial charge in [0, 0.05) is 23.7 Å². The number of carbonyl (C=O) groups is 2. The number of benzene rings is 2. The standard InChI is InChI=1S/C21H23Cl2N3O3/c1-29-19-17(22)10-15(11-18(19)23)21(28)25-16-4-2-3-13(9-16)12-26-7-5-14(6-8-26)20(24)27/h2-4,9-11,14H,5-8,12H2,1H3,(H2,24,27)(H,25,28). The number of likely N-dealkylation sites (tertiary alicyclic amines) is 1. The number of hydrogen-bond donors (Lipinski definition) is 2. The molecule has 0 bridgehead atoms. The highest BCUT2D eigenvalue weighted by atomic mass is 35.5. The minimum absolute atomic E-state index is 0.0278. The predicted molar refractivity (Wildman–Crippen MR) is 115 cm³/mol. The summed E-state index contributed by atoms with van der Waals surface area (Å²) in [6.45, 7) is 2.40. The van der Waals surface area contributed by atoms with Crippen LogP contribution < -0.4 is 15.8 Å². The SMILES string of the molecule is COc1c(Cl)cc(C(=O)Nc2cccc(CN3CCC(C(N)=O)CC3)c2)cc1Cl. The summed E-state index contributed by atoms with van der Waals surface area (Å²) in [5.74, 6) is -0.212. The Balaban J connectivity index is 1.64. The molecule has 0 spiro atoms. The van der Waals surface area contributed by atoms with Gasteiger partial charge in [-0.15, -0.1) is 0 Å². The molecule has 1 aliphatic rings. The lowest BCUT2D eigenvalue weighted by atomic mass is 9.96. The van der Waals surface area contributed by atoms with E-state index in [2.05, 4.69) is 10.2 Å². The van der Waals surface area contributed by atoms with Gasteiger partial charge in [-0.1, -0.05) is 35.3 Å². The molecule has 0 aliphatic carbocycles. The summed E-state index contributed by atoms with van der Waals surface area (Å²) >= 11 is 12.2. The molecule has 1 heterocycles. The maximum atomic E-state index is 12.6. The van der Waals surface area contributed by atoms with E-state index in [0.717, 1.165) is 38.0 Å². The van der Waals surface area contributed by atoms with E-state index in [1.807, 2.05) is 24.3 Å². The number of methoxy groups -OCH3 is 1. The van der Waals surface area contributed by atoms with Crippen molar-refractivity contribution in [1.82, 2.24) is 4.90 Å². The lowest BCUT2D eigenvalue weighted by Gasteiger charge is -2.30. The van der Waals surface area contributed by atoms with Crippen molar-refractivity contribution in [2.75, 3.05) is 25.5 Å². The maximum Gasteiger partial charge on any atom is 0.255 e. The largest absolute Gasteiger partial charge is 0.494 e. The molecule has 2 aromatic rings. The van der Waals surface area contributed by atoms with E-state index >= 15 is 0 Å². The molecule has 154 valence electrons. The van der Waals surface area contributed by atoms with Gasteiger partial charge in [-0.05, 0) is 55.8 Å². The van der Waals surface area contributed by atoms with Crippen LogP contribution in [0.4, 0.5) is 5.69 Å². The van der Waals surface area contributed by atoms with E-state index in [0.29, 0.717) is 17.0 Å². The summed E-state index contributed by atoms with van der Waals surface area (Å²) in [6, 6.07) is 10.7. The van der Waals surface area contributed by atoms with Gasteiger partial charge in [-0.2, -0.15) is 0 Å². The molecule has 2 aromatic carbocycles. The van der Waals surface area contributed by atoms with Crippen LogP contribution in [-0.2, 0) is 11.3 Å². The molecule has 3 rings (SSSR count). The monoisotopic (exact) mass is 435 g/mol. The van der Waals surface area contributed by atoms with Crippen LogP contribution >= 0.6 is 23.2 Å². The topological polar surface area (TPSA) is 84.7 Å². The third-order valence-electron chi connectivity index (χ3n) is 5.05. The molecule has 8 heteroatoms. The van der Waals surface area contributed by atoms with Crippen molar-refractivity contribution in [3.05, 3.63) is 57.6 Å². The molecular formula is C21H23Cl2N3O3. The molecule has 1 fully saturated rings. The van der Waals surface area contributed by atoms with Gasteiger partial charge < -0.3 is 15.8 Å². The molecule has 0 saturated carbocycles. The van der Waals surface area contributed by atoms with Gasteiger partial charge in [0.05, 0.1) is 17.2 Å². The number of amides is 2. The quantitative estimate of drug-likeness (QED) is 0.718. The van der Waals surface area contributed by atoms with Crippen molar-refractivity contribution in [1.29, 1.82) is 0 Å². The van der Waals surface area contributed by atoms with Gasteiger partial charge in [-0.3, -0.25) is 14.5 Å². The zero-order chi connectivity index (χ0) is 21.0. The normalized spacial score (nSPS) is 15.1. The number of piperidine rings is 1. The van der Waals surface area contributed by atoms with Gasteiger partial charge in [0.2, 0.25) is 5.91 Å². The first-order valence-electron chi connectivity index (χ1n) is 9.32.